The third-order valence-corrected chi connectivity index (χ3v) is 2.18. The Labute approximate surface area is 87.7 Å². The number of hydrogen-bond donors (Lipinski definition) is 0. The van der Waals surface area contributed by atoms with Gasteiger partial charge in [0.1, 0.15) is 0 Å². The van der Waals surface area contributed by atoms with Crippen LogP contribution in [0.5, 0.6) is 0 Å². The molecule has 0 spiro atoms. The van der Waals surface area contributed by atoms with Gasteiger partial charge in [-0.3, -0.25) is 0 Å². The molecule has 0 atom stereocenters. The maximum Gasteiger partial charge on any atom is 0.451 e. The zero-order valence-electron chi connectivity index (χ0n) is 7.56. The summed E-state index contributed by atoms with van der Waals surface area (Å²) in [7, 11) is 0. The molecule has 14 heavy (non-hydrogen) atoms. The van der Waals surface area contributed by atoms with E-state index in [9.17, 15) is 13.2 Å². The van der Waals surface area contributed by atoms with Gasteiger partial charge in [0.2, 0.25) is 5.82 Å². The molecule has 6 heteroatoms. The molecule has 0 saturated heterocycles. The predicted octanol–water partition coefficient (Wildman–Crippen LogP) is 3.38. The Morgan fingerprint density at radius 3 is 2.36 bits per heavy atom. The molecule has 0 saturated carbocycles. The lowest BCUT2D eigenvalue weighted by molar-refractivity contribution is -0.145. The molecule has 0 aliphatic heterocycles. The summed E-state index contributed by atoms with van der Waals surface area (Å²) < 4.78 is 37.2. The van der Waals surface area contributed by atoms with Crippen molar-refractivity contribution >= 4 is 15.9 Å². The molecule has 0 N–H and O–H groups in total. The zero-order valence-corrected chi connectivity index (χ0v) is 9.15. The van der Waals surface area contributed by atoms with E-state index in [1.165, 1.54) is 0 Å². The van der Waals surface area contributed by atoms with Gasteiger partial charge in [-0.15, -0.1) is 0 Å². The molecule has 0 unspecified atom stereocenters. The second kappa shape index (κ2) is 3.84. The van der Waals surface area contributed by atoms with Gasteiger partial charge in [0, 0.05) is 6.20 Å². The second-order valence-corrected chi connectivity index (χ2v) is 3.93. The smallest absolute Gasteiger partial charge is 0.232 e. The monoisotopic (exact) mass is 268 g/mol. The number of alkyl halides is 3. The van der Waals surface area contributed by atoms with E-state index in [1.807, 2.05) is 0 Å². The summed E-state index contributed by atoms with van der Waals surface area (Å²) >= 11 is 3.11. The van der Waals surface area contributed by atoms with Crippen LogP contribution in [0.25, 0.3) is 0 Å². The van der Waals surface area contributed by atoms with Crippen LogP contribution < -0.4 is 0 Å². The third-order valence-electron chi connectivity index (χ3n) is 1.57. The zero-order chi connectivity index (χ0) is 10.9. The SMILES string of the molecule is CC(C)c1nc(C(F)(F)F)ncc1Br. The molecule has 1 aromatic rings. The van der Waals surface area contributed by atoms with Crippen LogP contribution in [0.15, 0.2) is 10.7 Å². The van der Waals surface area contributed by atoms with E-state index < -0.39 is 12.0 Å². The van der Waals surface area contributed by atoms with Crippen molar-refractivity contribution in [2.45, 2.75) is 25.9 Å². The number of hydrogen-bond acceptors (Lipinski definition) is 2. The number of aromatic nitrogens is 2. The van der Waals surface area contributed by atoms with E-state index in [0.29, 0.717) is 10.2 Å². The van der Waals surface area contributed by atoms with Crippen molar-refractivity contribution in [2.24, 2.45) is 0 Å². The van der Waals surface area contributed by atoms with Crippen molar-refractivity contribution in [3.8, 4) is 0 Å². The van der Waals surface area contributed by atoms with Gasteiger partial charge in [0.25, 0.3) is 0 Å². The molecular formula is C8H8BrF3N2. The van der Waals surface area contributed by atoms with Crippen molar-refractivity contribution in [3.63, 3.8) is 0 Å². The van der Waals surface area contributed by atoms with Gasteiger partial charge in [0.15, 0.2) is 0 Å². The van der Waals surface area contributed by atoms with Crippen molar-refractivity contribution in [3.05, 3.63) is 22.2 Å². The lowest BCUT2D eigenvalue weighted by Crippen LogP contribution is -2.13. The van der Waals surface area contributed by atoms with E-state index >= 15 is 0 Å². The molecular weight excluding hydrogens is 261 g/mol. The largest absolute Gasteiger partial charge is 0.451 e. The minimum Gasteiger partial charge on any atom is -0.232 e. The van der Waals surface area contributed by atoms with Crippen molar-refractivity contribution in [1.29, 1.82) is 0 Å². The summed E-state index contributed by atoms with van der Waals surface area (Å²) in [6, 6.07) is 0. The van der Waals surface area contributed by atoms with Gasteiger partial charge in [-0.2, -0.15) is 13.2 Å². The minimum atomic E-state index is -4.48. The van der Waals surface area contributed by atoms with E-state index in [4.69, 9.17) is 0 Å². The van der Waals surface area contributed by atoms with Crippen LogP contribution in [-0.2, 0) is 6.18 Å². The van der Waals surface area contributed by atoms with Gasteiger partial charge in [0.05, 0.1) is 10.2 Å². The Hall–Kier alpha value is -0.650. The molecule has 2 nitrogen and oxygen atoms in total. The molecule has 1 aromatic heterocycles. The molecule has 0 bridgehead atoms. The van der Waals surface area contributed by atoms with Gasteiger partial charge < -0.3 is 0 Å². The van der Waals surface area contributed by atoms with Gasteiger partial charge >= 0.3 is 6.18 Å². The Kier molecular flexibility index (Phi) is 3.14. The van der Waals surface area contributed by atoms with Crippen molar-refractivity contribution in [2.75, 3.05) is 0 Å². The lowest BCUT2D eigenvalue weighted by Gasteiger charge is -2.10. The van der Waals surface area contributed by atoms with Crippen LogP contribution in [0, 0.1) is 0 Å². The molecule has 78 valence electrons. The van der Waals surface area contributed by atoms with Gasteiger partial charge in [-0.05, 0) is 21.8 Å². The fraction of sp³-hybridized carbons (Fsp3) is 0.500. The maximum absolute atomic E-state index is 12.2. The van der Waals surface area contributed by atoms with Gasteiger partial charge in [-0.1, -0.05) is 13.8 Å². The number of rotatable bonds is 1. The topological polar surface area (TPSA) is 25.8 Å². The average Bonchev–Trinajstić information content (AvgIpc) is 2.02. The molecule has 1 rings (SSSR count). The van der Waals surface area contributed by atoms with Crippen molar-refractivity contribution in [1.82, 2.24) is 9.97 Å². The van der Waals surface area contributed by atoms with E-state index in [2.05, 4.69) is 25.9 Å². The van der Waals surface area contributed by atoms with Crippen molar-refractivity contribution < 1.29 is 13.2 Å². The minimum absolute atomic E-state index is 0.0755. The summed E-state index contributed by atoms with van der Waals surface area (Å²) in [4.78, 5) is 6.67. The highest BCUT2D eigenvalue weighted by molar-refractivity contribution is 9.10. The van der Waals surface area contributed by atoms with E-state index in [-0.39, 0.29) is 5.92 Å². The van der Waals surface area contributed by atoms with Gasteiger partial charge in [-0.25, -0.2) is 9.97 Å². The Morgan fingerprint density at radius 2 is 1.93 bits per heavy atom. The summed E-state index contributed by atoms with van der Waals surface area (Å²) in [6.45, 7) is 3.54. The number of halogens is 4. The normalized spacial score (nSPS) is 12.2. The van der Waals surface area contributed by atoms with E-state index in [0.717, 1.165) is 6.20 Å². The molecule has 1 heterocycles. The quantitative estimate of drug-likeness (QED) is 0.781. The van der Waals surface area contributed by atoms with Crippen LogP contribution in [0.4, 0.5) is 13.2 Å². The highest BCUT2D eigenvalue weighted by Crippen LogP contribution is 2.29. The highest BCUT2D eigenvalue weighted by atomic mass is 79.9. The van der Waals surface area contributed by atoms with Crippen LogP contribution in [0.3, 0.4) is 0 Å². The van der Waals surface area contributed by atoms with Crippen LogP contribution in [0.2, 0.25) is 0 Å². The fourth-order valence-electron chi connectivity index (χ4n) is 0.922. The van der Waals surface area contributed by atoms with Crippen LogP contribution in [-0.4, -0.2) is 9.97 Å². The molecule has 0 aromatic carbocycles. The predicted molar refractivity (Wildman–Crippen MR) is 48.8 cm³/mol. The first kappa shape index (κ1) is 11.4. The molecule has 0 fully saturated rings. The van der Waals surface area contributed by atoms with Crippen LogP contribution >= 0.6 is 15.9 Å². The summed E-state index contributed by atoms with van der Waals surface area (Å²) in [6.07, 6.45) is -3.35. The molecule has 0 amide bonds. The first-order valence-corrected chi connectivity index (χ1v) is 4.71. The highest BCUT2D eigenvalue weighted by Gasteiger charge is 2.35. The summed E-state index contributed by atoms with van der Waals surface area (Å²) in [5.74, 6) is -1.17. The molecule has 0 aliphatic rings. The lowest BCUT2D eigenvalue weighted by atomic mass is 10.1. The summed E-state index contributed by atoms with van der Waals surface area (Å²) in [5, 5.41) is 0. The van der Waals surface area contributed by atoms with Crippen LogP contribution in [0.1, 0.15) is 31.3 Å². The summed E-state index contributed by atoms with van der Waals surface area (Å²) in [5.41, 5.74) is 0.368. The third kappa shape index (κ3) is 2.43. The average molecular weight is 269 g/mol. The van der Waals surface area contributed by atoms with E-state index in [1.54, 1.807) is 13.8 Å². The standard InChI is InChI=1S/C8H8BrF3N2/c1-4(2)6-5(9)3-13-7(14-6)8(10,11)12/h3-4H,1-2H3. The Bertz CT molecular complexity index is 336. The molecule has 0 radical (unpaired) electrons. The second-order valence-electron chi connectivity index (χ2n) is 3.08. The molecule has 0 aliphatic carbocycles. The first-order valence-electron chi connectivity index (χ1n) is 3.92. The Morgan fingerprint density at radius 1 is 1.36 bits per heavy atom. The first-order chi connectivity index (χ1) is 6.32. The Balaban J connectivity index is 3.20. The fourth-order valence-corrected chi connectivity index (χ4v) is 1.57. The number of nitrogens with zero attached hydrogens (tertiary/aromatic N) is 2. The maximum atomic E-state index is 12.2.